The fourth-order valence-electron chi connectivity index (χ4n) is 3.17. The summed E-state index contributed by atoms with van der Waals surface area (Å²) in [7, 11) is 1.81. The van der Waals surface area contributed by atoms with Gasteiger partial charge in [-0.3, -0.25) is 4.79 Å². The van der Waals surface area contributed by atoms with E-state index >= 15 is 0 Å². The third-order valence-electron chi connectivity index (χ3n) is 4.36. The number of esters is 1. The zero-order valence-electron chi connectivity index (χ0n) is 15.3. The first-order valence-electron chi connectivity index (χ1n) is 8.44. The van der Waals surface area contributed by atoms with Crippen molar-refractivity contribution in [2.75, 3.05) is 19.0 Å². The number of ether oxygens (including phenoxy) is 1. The summed E-state index contributed by atoms with van der Waals surface area (Å²) in [6.45, 7) is 5.31. The summed E-state index contributed by atoms with van der Waals surface area (Å²) >= 11 is 0. The fraction of sp³-hybridized carbons (Fsp3) is 0.250. The lowest BCUT2D eigenvalue weighted by atomic mass is 10.0. The van der Waals surface area contributed by atoms with Crippen LogP contribution in [0.2, 0.25) is 0 Å². The first kappa shape index (κ1) is 17.7. The average molecular weight is 351 g/mol. The minimum atomic E-state index is -0.423. The number of rotatable bonds is 5. The van der Waals surface area contributed by atoms with Gasteiger partial charge in [-0.25, -0.2) is 9.78 Å². The summed E-state index contributed by atoms with van der Waals surface area (Å²) in [6.07, 6.45) is 3.57. The molecular formula is C20H21N3O3. The summed E-state index contributed by atoms with van der Waals surface area (Å²) in [5.74, 6) is 0.214. The number of carbonyl (C=O) groups is 2. The second-order valence-corrected chi connectivity index (χ2v) is 5.97. The second-order valence-electron chi connectivity index (χ2n) is 5.97. The van der Waals surface area contributed by atoms with Crippen molar-refractivity contribution in [2.45, 2.75) is 20.8 Å². The normalized spacial score (nSPS) is 10.8. The van der Waals surface area contributed by atoms with Crippen LogP contribution in [0, 0.1) is 6.92 Å². The summed E-state index contributed by atoms with van der Waals surface area (Å²) in [5.41, 5.74) is 4.15. The average Bonchev–Trinajstić information content (AvgIpc) is 3.04. The molecule has 3 aromatic rings. The standard InChI is InChI=1S/C20H21N3O3/c1-5-26-20(25)16-11-17-15(14-6-8-22-18(10-14)21-4)7-9-23(17)19(12(16)2)13(3)24/h6-11H,5H2,1-4H3,(H,21,22). The number of hydrogen-bond donors (Lipinski definition) is 1. The number of pyridine rings is 2. The molecule has 3 rings (SSSR count). The maximum atomic E-state index is 12.4. The maximum absolute atomic E-state index is 12.4. The molecule has 0 aromatic carbocycles. The third kappa shape index (κ3) is 2.94. The number of aromatic nitrogens is 2. The van der Waals surface area contributed by atoms with Gasteiger partial charge in [0.25, 0.3) is 0 Å². The smallest absolute Gasteiger partial charge is 0.338 e. The van der Waals surface area contributed by atoms with E-state index in [4.69, 9.17) is 4.74 Å². The monoisotopic (exact) mass is 351 g/mol. The predicted molar refractivity (Wildman–Crippen MR) is 101 cm³/mol. The molecule has 134 valence electrons. The molecule has 0 spiro atoms. The Morgan fingerprint density at radius 2 is 2.04 bits per heavy atom. The quantitative estimate of drug-likeness (QED) is 0.560. The van der Waals surface area contributed by atoms with Crippen LogP contribution in [-0.4, -0.2) is 34.8 Å². The van der Waals surface area contributed by atoms with Gasteiger partial charge >= 0.3 is 5.97 Å². The summed E-state index contributed by atoms with van der Waals surface area (Å²) in [5, 5.41) is 3.02. The van der Waals surface area contributed by atoms with Crippen molar-refractivity contribution < 1.29 is 14.3 Å². The van der Waals surface area contributed by atoms with E-state index < -0.39 is 5.97 Å². The van der Waals surface area contributed by atoms with Crippen molar-refractivity contribution in [3.05, 3.63) is 53.5 Å². The van der Waals surface area contributed by atoms with Gasteiger partial charge in [-0.15, -0.1) is 0 Å². The van der Waals surface area contributed by atoms with Crippen LogP contribution in [0.4, 0.5) is 5.82 Å². The second kappa shape index (κ2) is 7.00. The molecule has 0 fully saturated rings. The number of nitrogens with one attached hydrogen (secondary N) is 1. The highest BCUT2D eigenvalue weighted by Gasteiger charge is 2.21. The van der Waals surface area contributed by atoms with Crippen molar-refractivity contribution in [3.63, 3.8) is 0 Å². The van der Waals surface area contributed by atoms with Crippen LogP contribution in [0.15, 0.2) is 36.7 Å². The zero-order valence-corrected chi connectivity index (χ0v) is 15.3. The summed E-state index contributed by atoms with van der Waals surface area (Å²) in [6, 6.07) is 7.54. The van der Waals surface area contributed by atoms with E-state index in [2.05, 4.69) is 10.3 Å². The molecule has 3 aromatic heterocycles. The molecule has 0 radical (unpaired) electrons. The molecule has 0 saturated carbocycles. The number of carbonyl (C=O) groups excluding carboxylic acids is 2. The van der Waals surface area contributed by atoms with E-state index in [9.17, 15) is 9.59 Å². The van der Waals surface area contributed by atoms with Crippen LogP contribution in [-0.2, 0) is 4.74 Å². The summed E-state index contributed by atoms with van der Waals surface area (Å²) < 4.78 is 7.00. The molecule has 6 nitrogen and oxygen atoms in total. The Kier molecular flexibility index (Phi) is 4.75. The first-order valence-corrected chi connectivity index (χ1v) is 8.44. The number of Topliss-reactive ketones (excluding diaryl/α,β-unsaturated/α-hetero) is 1. The Morgan fingerprint density at radius 1 is 1.27 bits per heavy atom. The first-order chi connectivity index (χ1) is 12.5. The molecule has 0 unspecified atom stereocenters. The largest absolute Gasteiger partial charge is 0.462 e. The van der Waals surface area contributed by atoms with Gasteiger partial charge in [0.1, 0.15) is 5.82 Å². The van der Waals surface area contributed by atoms with Crippen LogP contribution < -0.4 is 5.32 Å². The van der Waals surface area contributed by atoms with Gasteiger partial charge in [0, 0.05) is 31.9 Å². The van der Waals surface area contributed by atoms with Crippen LogP contribution in [0.25, 0.3) is 16.6 Å². The lowest BCUT2D eigenvalue weighted by molar-refractivity contribution is 0.0525. The van der Waals surface area contributed by atoms with Crippen LogP contribution in [0.1, 0.15) is 40.3 Å². The predicted octanol–water partition coefficient (Wildman–Crippen LogP) is 3.73. The van der Waals surface area contributed by atoms with E-state index in [0.29, 0.717) is 16.8 Å². The number of ketones is 1. The van der Waals surface area contributed by atoms with E-state index in [1.54, 1.807) is 33.2 Å². The summed E-state index contributed by atoms with van der Waals surface area (Å²) in [4.78, 5) is 28.9. The van der Waals surface area contributed by atoms with Gasteiger partial charge in [-0.1, -0.05) is 0 Å². The molecule has 0 aliphatic heterocycles. The van der Waals surface area contributed by atoms with Gasteiger partial charge in [0.2, 0.25) is 0 Å². The highest BCUT2D eigenvalue weighted by atomic mass is 16.5. The third-order valence-corrected chi connectivity index (χ3v) is 4.36. The Hall–Kier alpha value is -3.15. The van der Waals surface area contributed by atoms with Gasteiger partial charge in [0.15, 0.2) is 5.78 Å². The van der Waals surface area contributed by atoms with E-state index in [1.165, 1.54) is 6.92 Å². The SMILES string of the molecule is CCOC(=O)c1cc2c(-c3ccnc(NC)c3)ccn2c(C(C)=O)c1C. The van der Waals surface area contributed by atoms with Gasteiger partial charge in [0.05, 0.1) is 23.4 Å². The number of nitrogens with zero attached hydrogens (tertiary/aromatic N) is 2. The minimum absolute atomic E-state index is 0.105. The Bertz CT molecular complexity index is 1000. The highest BCUT2D eigenvalue weighted by Crippen LogP contribution is 2.30. The number of anilines is 1. The molecule has 0 aliphatic rings. The topological polar surface area (TPSA) is 72.7 Å². The lowest BCUT2D eigenvalue weighted by Gasteiger charge is -2.13. The molecule has 0 bridgehead atoms. The molecule has 0 amide bonds. The Balaban J connectivity index is 2.30. The molecule has 26 heavy (non-hydrogen) atoms. The minimum Gasteiger partial charge on any atom is -0.462 e. The van der Waals surface area contributed by atoms with E-state index in [0.717, 1.165) is 22.5 Å². The molecule has 0 aliphatic carbocycles. The maximum Gasteiger partial charge on any atom is 0.338 e. The van der Waals surface area contributed by atoms with Crippen molar-refractivity contribution in [1.82, 2.24) is 9.38 Å². The molecular weight excluding hydrogens is 330 g/mol. The fourth-order valence-corrected chi connectivity index (χ4v) is 3.17. The van der Waals surface area contributed by atoms with Crippen LogP contribution in [0.5, 0.6) is 0 Å². The number of fused-ring (bicyclic) bond motifs is 1. The zero-order chi connectivity index (χ0) is 18.8. The number of hydrogen-bond acceptors (Lipinski definition) is 5. The van der Waals surface area contributed by atoms with Gasteiger partial charge in [-0.05, 0) is 49.2 Å². The molecule has 6 heteroatoms. The molecule has 3 heterocycles. The van der Waals surface area contributed by atoms with Crippen molar-refractivity contribution in [1.29, 1.82) is 0 Å². The van der Waals surface area contributed by atoms with E-state index in [-0.39, 0.29) is 12.4 Å². The van der Waals surface area contributed by atoms with E-state index in [1.807, 2.05) is 28.8 Å². The Labute approximate surface area is 151 Å². The van der Waals surface area contributed by atoms with Crippen molar-refractivity contribution in [3.8, 4) is 11.1 Å². The van der Waals surface area contributed by atoms with Crippen molar-refractivity contribution >= 4 is 23.1 Å². The van der Waals surface area contributed by atoms with Crippen LogP contribution in [0.3, 0.4) is 0 Å². The molecule has 0 saturated heterocycles. The van der Waals surface area contributed by atoms with Crippen LogP contribution >= 0.6 is 0 Å². The molecule has 1 N–H and O–H groups in total. The Morgan fingerprint density at radius 3 is 2.69 bits per heavy atom. The molecule has 0 atom stereocenters. The van der Waals surface area contributed by atoms with Gasteiger partial charge in [-0.2, -0.15) is 0 Å². The highest BCUT2D eigenvalue weighted by molar-refractivity contribution is 6.02. The van der Waals surface area contributed by atoms with Gasteiger partial charge < -0.3 is 14.5 Å². The van der Waals surface area contributed by atoms with Crippen molar-refractivity contribution in [2.24, 2.45) is 0 Å². The lowest BCUT2D eigenvalue weighted by Crippen LogP contribution is -2.13.